The zero-order chi connectivity index (χ0) is 12.7. The molecule has 0 saturated carbocycles. The van der Waals surface area contributed by atoms with Crippen molar-refractivity contribution in [3.05, 3.63) is 0 Å². The molecule has 1 fully saturated rings. The largest absolute Gasteiger partial charge is 0.353 e. The van der Waals surface area contributed by atoms with Crippen LogP contribution in [0.15, 0.2) is 0 Å². The van der Waals surface area contributed by atoms with Gasteiger partial charge in [0.2, 0.25) is 5.91 Å². The van der Waals surface area contributed by atoms with E-state index in [0.717, 1.165) is 39.1 Å². The van der Waals surface area contributed by atoms with Crippen LogP contribution in [0.4, 0.5) is 0 Å². The lowest BCUT2D eigenvalue weighted by atomic mass is 10.2. The maximum absolute atomic E-state index is 11.7. The van der Waals surface area contributed by atoms with E-state index in [0.29, 0.717) is 13.1 Å². The van der Waals surface area contributed by atoms with Crippen molar-refractivity contribution in [1.82, 2.24) is 15.1 Å². The van der Waals surface area contributed by atoms with Crippen LogP contribution in [0.5, 0.6) is 0 Å². The fourth-order valence-electron chi connectivity index (χ4n) is 1.98. The molecule has 5 heteroatoms. The Bertz CT molecular complexity index is 227. The Labute approximate surface area is 104 Å². The van der Waals surface area contributed by atoms with Crippen LogP contribution >= 0.6 is 0 Å². The van der Waals surface area contributed by atoms with Crippen LogP contribution in [0, 0.1) is 0 Å². The summed E-state index contributed by atoms with van der Waals surface area (Å²) in [5, 5.41) is 3.00. The molecule has 1 unspecified atom stereocenters. The Morgan fingerprint density at radius 3 is 2.41 bits per heavy atom. The van der Waals surface area contributed by atoms with Gasteiger partial charge in [0.05, 0.1) is 6.54 Å². The van der Waals surface area contributed by atoms with Gasteiger partial charge < -0.3 is 11.1 Å². The van der Waals surface area contributed by atoms with Crippen LogP contribution in [-0.2, 0) is 4.79 Å². The average molecular weight is 242 g/mol. The first-order valence-electron chi connectivity index (χ1n) is 6.59. The third kappa shape index (κ3) is 5.48. The van der Waals surface area contributed by atoms with Gasteiger partial charge in [-0.15, -0.1) is 0 Å². The fraction of sp³-hybridized carbons (Fsp3) is 0.917. The van der Waals surface area contributed by atoms with Gasteiger partial charge >= 0.3 is 0 Å². The molecule has 5 nitrogen and oxygen atoms in total. The molecule has 0 aromatic carbocycles. The lowest BCUT2D eigenvalue weighted by Crippen LogP contribution is -2.51. The highest BCUT2D eigenvalue weighted by Gasteiger charge is 2.18. The summed E-state index contributed by atoms with van der Waals surface area (Å²) in [6.07, 6.45) is 0.982. The van der Waals surface area contributed by atoms with E-state index in [9.17, 15) is 4.79 Å². The number of nitrogens with zero attached hydrogens (tertiary/aromatic N) is 2. The molecule has 1 aliphatic heterocycles. The lowest BCUT2D eigenvalue weighted by Gasteiger charge is -2.34. The molecular formula is C12H26N4O. The molecule has 1 saturated heterocycles. The first kappa shape index (κ1) is 14.4. The number of hydrogen-bond donors (Lipinski definition) is 2. The Hall–Kier alpha value is -0.650. The number of carbonyl (C=O) groups excluding carboxylic acids is 1. The molecule has 0 aromatic heterocycles. The van der Waals surface area contributed by atoms with E-state index in [-0.39, 0.29) is 11.9 Å². The summed E-state index contributed by atoms with van der Waals surface area (Å²) in [4.78, 5) is 16.3. The summed E-state index contributed by atoms with van der Waals surface area (Å²) in [6.45, 7) is 10.3. The highest BCUT2D eigenvalue weighted by molar-refractivity contribution is 5.78. The minimum atomic E-state index is 0.145. The summed E-state index contributed by atoms with van der Waals surface area (Å²) >= 11 is 0. The molecule has 1 atom stereocenters. The van der Waals surface area contributed by atoms with Gasteiger partial charge in [0.1, 0.15) is 0 Å². The van der Waals surface area contributed by atoms with Crippen molar-refractivity contribution in [3.8, 4) is 0 Å². The van der Waals surface area contributed by atoms with E-state index in [1.165, 1.54) is 0 Å². The molecule has 1 aliphatic rings. The minimum absolute atomic E-state index is 0.145. The highest BCUT2D eigenvalue weighted by atomic mass is 16.2. The Kier molecular flexibility index (Phi) is 6.47. The maximum atomic E-state index is 11.7. The smallest absolute Gasteiger partial charge is 0.234 e. The van der Waals surface area contributed by atoms with Gasteiger partial charge in [0.15, 0.2) is 0 Å². The Morgan fingerprint density at radius 1 is 1.29 bits per heavy atom. The normalized spacial score (nSPS) is 20.2. The van der Waals surface area contributed by atoms with Crippen molar-refractivity contribution >= 4 is 5.91 Å². The first-order chi connectivity index (χ1) is 8.15. The van der Waals surface area contributed by atoms with Gasteiger partial charge in [-0.2, -0.15) is 0 Å². The van der Waals surface area contributed by atoms with Crippen LogP contribution in [0.2, 0.25) is 0 Å². The van der Waals surface area contributed by atoms with Crippen LogP contribution < -0.4 is 11.1 Å². The predicted molar refractivity (Wildman–Crippen MR) is 69.8 cm³/mol. The maximum Gasteiger partial charge on any atom is 0.234 e. The molecule has 0 radical (unpaired) electrons. The van der Waals surface area contributed by atoms with Gasteiger partial charge in [0.25, 0.3) is 0 Å². The third-order valence-electron chi connectivity index (χ3n) is 3.30. The molecule has 17 heavy (non-hydrogen) atoms. The molecule has 1 rings (SSSR count). The second kappa shape index (κ2) is 7.63. The van der Waals surface area contributed by atoms with E-state index in [1.807, 2.05) is 6.92 Å². The lowest BCUT2D eigenvalue weighted by molar-refractivity contribution is -0.123. The Morgan fingerprint density at radius 2 is 1.88 bits per heavy atom. The van der Waals surface area contributed by atoms with Gasteiger partial charge in [-0.25, -0.2) is 0 Å². The second-order valence-electron chi connectivity index (χ2n) is 4.78. The standard InChI is InChI=1S/C12H26N4O/c1-3-11(2)14-12(17)10-16-8-6-15(5-4-13)7-9-16/h11H,3-10,13H2,1-2H3,(H,14,17). The molecule has 100 valence electrons. The van der Waals surface area contributed by atoms with E-state index in [1.54, 1.807) is 0 Å². The number of carbonyl (C=O) groups is 1. The fourth-order valence-corrected chi connectivity index (χ4v) is 1.98. The van der Waals surface area contributed by atoms with Crippen LogP contribution in [0.3, 0.4) is 0 Å². The third-order valence-corrected chi connectivity index (χ3v) is 3.30. The van der Waals surface area contributed by atoms with E-state index < -0.39 is 0 Å². The van der Waals surface area contributed by atoms with Crippen molar-refractivity contribution in [2.75, 3.05) is 45.8 Å². The summed E-state index contributed by atoms with van der Waals surface area (Å²) in [7, 11) is 0. The van der Waals surface area contributed by atoms with Gasteiger partial charge in [-0.3, -0.25) is 14.6 Å². The van der Waals surface area contributed by atoms with Crippen LogP contribution in [0.1, 0.15) is 20.3 Å². The van der Waals surface area contributed by atoms with Gasteiger partial charge in [-0.05, 0) is 13.3 Å². The second-order valence-corrected chi connectivity index (χ2v) is 4.78. The number of piperazine rings is 1. The summed E-state index contributed by atoms with van der Waals surface area (Å²) in [5.74, 6) is 0.145. The number of nitrogens with two attached hydrogens (primary N) is 1. The molecule has 0 bridgehead atoms. The van der Waals surface area contributed by atoms with Crippen LogP contribution in [0.25, 0.3) is 0 Å². The van der Waals surface area contributed by atoms with E-state index >= 15 is 0 Å². The SMILES string of the molecule is CCC(C)NC(=O)CN1CCN(CCN)CC1. The van der Waals surface area contributed by atoms with Gasteiger partial charge in [0, 0.05) is 45.3 Å². The number of nitrogens with one attached hydrogen (secondary N) is 1. The summed E-state index contributed by atoms with van der Waals surface area (Å²) in [6, 6.07) is 0.279. The monoisotopic (exact) mass is 242 g/mol. The zero-order valence-electron chi connectivity index (χ0n) is 11.1. The van der Waals surface area contributed by atoms with Crippen molar-refractivity contribution < 1.29 is 4.79 Å². The van der Waals surface area contributed by atoms with Gasteiger partial charge in [-0.1, -0.05) is 6.92 Å². The molecule has 0 aromatic rings. The topological polar surface area (TPSA) is 61.6 Å². The first-order valence-corrected chi connectivity index (χ1v) is 6.59. The summed E-state index contributed by atoms with van der Waals surface area (Å²) < 4.78 is 0. The molecule has 1 amide bonds. The quantitative estimate of drug-likeness (QED) is 0.658. The zero-order valence-corrected chi connectivity index (χ0v) is 11.1. The number of amides is 1. The Balaban J connectivity index is 2.19. The molecule has 0 aliphatic carbocycles. The van der Waals surface area contributed by atoms with E-state index in [2.05, 4.69) is 22.0 Å². The van der Waals surface area contributed by atoms with Crippen molar-refractivity contribution in [2.24, 2.45) is 5.73 Å². The highest BCUT2D eigenvalue weighted by Crippen LogP contribution is 2.00. The molecular weight excluding hydrogens is 216 g/mol. The van der Waals surface area contributed by atoms with Crippen molar-refractivity contribution in [3.63, 3.8) is 0 Å². The van der Waals surface area contributed by atoms with Crippen molar-refractivity contribution in [1.29, 1.82) is 0 Å². The minimum Gasteiger partial charge on any atom is -0.353 e. The average Bonchev–Trinajstić information content (AvgIpc) is 2.31. The number of hydrogen-bond acceptors (Lipinski definition) is 4. The molecule has 0 spiro atoms. The number of rotatable bonds is 6. The molecule has 3 N–H and O–H groups in total. The van der Waals surface area contributed by atoms with Crippen molar-refractivity contribution in [2.45, 2.75) is 26.3 Å². The predicted octanol–water partition coefficient (Wildman–Crippen LogP) is -0.523. The van der Waals surface area contributed by atoms with E-state index in [4.69, 9.17) is 5.73 Å². The van der Waals surface area contributed by atoms with Crippen LogP contribution in [-0.4, -0.2) is 67.6 Å². The summed E-state index contributed by atoms with van der Waals surface area (Å²) in [5.41, 5.74) is 5.53. The molecule has 1 heterocycles.